The van der Waals surface area contributed by atoms with Gasteiger partial charge < -0.3 is 10.1 Å². The molecule has 0 heterocycles. The van der Waals surface area contributed by atoms with Crippen molar-refractivity contribution in [3.05, 3.63) is 29.3 Å². The fourth-order valence-electron chi connectivity index (χ4n) is 2.16. The van der Waals surface area contributed by atoms with Crippen LogP contribution >= 0.6 is 0 Å². The van der Waals surface area contributed by atoms with Crippen LogP contribution < -0.4 is 10.1 Å². The Hall–Kier alpha value is -1.55. The lowest BCUT2D eigenvalue weighted by Crippen LogP contribution is -2.37. The molecule has 1 aromatic rings. The Kier molecular flexibility index (Phi) is 5.01. The van der Waals surface area contributed by atoms with Crippen LogP contribution in [0.3, 0.4) is 0 Å². The molecule has 1 fully saturated rings. The first-order valence-electron chi connectivity index (χ1n) is 7.23. The van der Waals surface area contributed by atoms with Gasteiger partial charge in [-0.25, -0.2) is 0 Å². The van der Waals surface area contributed by atoms with E-state index in [2.05, 4.69) is 31.3 Å². The molecule has 1 amide bonds. The van der Waals surface area contributed by atoms with E-state index in [-0.39, 0.29) is 5.91 Å². The van der Waals surface area contributed by atoms with Crippen molar-refractivity contribution in [2.75, 3.05) is 26.7 Å². The maximum absolute atomic E-state index is 11.7. The van der Waals surface area contributed by atoms with E-state index in [1.165, 1.54) is 0 Å². The number of nitrogens with zero attached hydrogens (tertiary/aromatic N) is 1. The molecule has 0 unspecified atom stereocenters. The number of aryl methyl sites for hydroxylation is 2. The summed E-state index contributed by atoms with van der Waals surface area (Å²) in [6.07, 6.45) is 2.26. The van der Waals surface area contributed by atoms with Crippen LogP contribution in [-0.4, -0.2) is 43.6 Å². The lowest BCUT2D eigenvalue weighted by Gasteiger charge is -2.18. The molecule has 1 aromatic carbocycles. The van der Waals surface area contributed by atoms with Crippen molar-refractivity contribution in [2.24, 2.45) is 0 Å². The fraction of sp³-hybridized carbons (Fsp3) is 0.562. The molecular formula is C16H24N2O2. The third-order valence-electron chi connectivity index (χ3n) is 3.48. The molecule has 1 aliphatic rings. The van der Waals surface area contributed by atoms with Gasteiger partial charge in [-0.15, -0.1) is 0 Å². The zero-order valence-corrected chi connectivity index (χ0v) is 12.6. The number of amides is 1. The topological polar surface area (TPSA) is 41.6 Å². The Morgan fingerprint density at radius 2 is 2.00 bits per heavy atom. The third kappa shape index (κ3) is 4.53. The molecule has 0 aliphatic heterocycles. The standard InChI is InChI=1S/C16H24N2O2/c1-12-5-4-6-13(2)16(12)20-10-9-18(3)11-15(19)17-14-7-8-14/h4-6,14H,7-11H2,1-3H3,(H,17,19). The molecule has 1 N–H and O–H groups in total. The van der Waals surface area contributed by atoms with E-state index in [0.717, 1.165) is 36.3 Å². The molecule has 1 saturated carbocycles. The van der Waals surface area contributed by atoms with Gasteiger partial charge in [-0.1, -0.05) is 18.2 Å². The number of carbonyl (C=O) groups excluding carboxylic acids is 1. The fourth-order valence-corrected chi connectivity index (χ4v) is 2.16. The third-order valence-corrected chi connectivity index (χ3v) is 3.48. The number of nitrogens with one attached hydrogen (secondary N) is 1. The van der Waals surface area contributed by atoms with Crippen LogP contribution in [0.25, 0.3) is 0 Å². The Balaban J connectivity index is 1.70. The van der Waals surface area contributed by atoms with Crippen molar-refractivity contribution >= 4 is 5.91 Å². The molecule has 0 saturated heterocycles. The van der Waals surface area contributed by atoms with Crippen molar-refractivity contribution in [1.82, 2.24) is 10.2 Å². The molecule has 0 aromatic heterocycles. The minimum absolute atomic E-state index is 0.113. The Bertz CT molecular complexity index is 449. The van der Waals surface area contributed by atoms with Crippen LogP contribution in [0.4, 0.5) is 0 Å². The largest absolute Gasteiger partial charge is 0.492 e. The molecule has 0 spiro atoms. The van der Waals surface area contributed by atoms with Crippen molar-refractivity contribution in [1.29, 1.82) is 0 Å². The van der Waals surface area contributed by atoms with E-state index >= 15 is 0 Å². The van der Waals surface area contributed by atoms with Crippen molar-refractivity contribution in [2.45, 2.75) is 32.7 Å². The maximum Gasteiger partial charge on any atom is 0.234 e. The van der Waals surface area contributed by atoms with E-state index < -0.39 is 0 Å². The van der Waals surface area contributed by atoms with Crippen LogP contribution in [0.5, 0.6) is 5.75 Å². The van der Waals surface area contributed by atoms with Crippen LogP contribution in [-0.2, 0) is 4.79 Å². The molecular weight excluding hydrogens is 252 g/mol. The number of benzene rings is 1. The highest BCUT2D eigenvalue weighted by molar-refractivity contribution is 5.78. The van der Waals surface area contributed by atoms with E-state index in [9.17, 15) is 4.79 Å². The predicted octanol–water partition coefficient (Wildman–Crippen LogP) is 1.89. The summed E-state index contributed by atoms with van der Waals surface area (Å²) in [5.41, 5.74) is 2.30. The second-order valence-electron chi connectivity index (χ2n) is 5.65. The second kappa shape index (κ2) is 6.75. The van der Waals surface area contributed by atoms with Crippen LogP contribution in [0.2, 0.25) is 0 Å². The number of hydrogen-bond donors (Lipinski definition) is 1. The molecule has 2 rings (SSSR count). The van der Waals surface area contributed by atoms with Gasteiger partial charge in [-0.2, -0.15) is 0 Å². The summed E-state index contributed by atoms with van der Waals surface area (Å²) in [5, 5.41) is 2.99. The normalized spacial score (nSPS) is 14.4. The summed E-state index contributed by atoms with van der Waals surface area (Å²) >= 11 is 0. The summed E-state index contributed by atoms with van der Waals surface area (Å²) < 4.78 is 5.84. The van der Waals surface area contributed by atoms with Gasteiger partial charge in [-0.3, -0.25) is 9.69 Å². The van der Waals surface area contributed by atoms with Gasteiger partial charge in [0, 0.05) is 12.6 Å². The molecule has 4 heteroatoms. The van der Waals surface area contributed by atoms with Crippen molar-refractivity contribution in [3.8, 4) is 5.75 Å². The molecule has 1 aliphatic carbocycles. The monoisotopic (exact) mass is 276 g/mol. The van der Waals surface area contributed by atoms with E-state index in [4.69, 9.17) is 4.74 Å². The molecule has 0 bridgehead atoms. The lowest BCUT2D eigenvalue weighted by atomic mass is 10.1. The van der Waals surface area contributed by atoms with Crippen LogP contribution in [0, 0.1) is 13.8 Å². The Morgan fingerprint density at radius 3 is 2.60 bits per heavy atom. The first-order valence-corrected chi connectivity index (χ1v) is 7.23. The van der Waals surface area contributed by atoms with Crippen molar-refractivity contribution < 1.29 is 9.53 Å². The van der Waals surface area contributed by atoms with Gasteiger partial charge in [0.2, 0.25) is 5.91 Å². The average molecular weight is 276 g/mol. The molecule has 20 heavy (non-hydrogen) atoms. The van der Waals surface area contributed by atoms with Crippen LogP contribution in [0.15, 0.2) is 18.2 Å². The number of hydrogen-bond acceptors (Lipinski definition) is 3. The summed E-state index contributed by atoms with van der Waals surface area (Å²) in [5.74, 6) is 1.07. The highest BCUT2D eigenvalue weighted by Crippen LogP contribution is 2.22. The summed E-state index contributed by atoms with van der Waals surface area (Å²) in [7, 11) is 1.94. The average Bonchev–Trinajstić information content (AvgIpc) is 3.16. The zero-order chi connectivity index (χ0) is 14.5. The van der Waals surface area contributed by atoms with Gasteiger partial charge in [0.15, 0.2) is 0 Å². The van der Waals surface area contributed by atoms with E-state index in [1.807, 2.05) is 18.0 Å². The van der Waals surface area contributed by atoms with Gasteiger partial charge in [0.05, 0.1) is 6.54 Å². The summed E-state index contributed by atoms with van der Waals surface area (Å²) in [4.78, 5) is 13.6. The highest BCUT2D eigenvalue weighted by atomic mass is 16.5. The number of rotatable bonds is 7. The summed E-state index contributed by atoms with van der Waals surface area (Å²) in [6, 6.07) is 6.57. The zero-order valence-electron chi connectivity index (χ0n) is 12.6. The SMILES string of the molecule is Cc1cccc(C)c1OCCN(C)CC(=O)NC1CC1. The Morgan fingerprint density at radius 1 is 1.35 bits per heavy atom. The van der Waals surface area contributed by atoms with Gasteiger partial charge in [0.25, 0.3) is 0 Å². The molecule has 4 nitrogen and oxygen atoms in total. The molecule has 0 radical (unpaired) electrons. The minimum Gasteiger partial charge on any atom is -0.492 e. The van der Waals surface area contributed by atoms with Gasteiger partial charge in [0.1, 0.15) is 12.4 Å². The maximum atomic E-state index is 11.7. The number of carbonyl (C=O) groups is 1. The van der Waals surface area contributed by atoms with E-state index in [1.54, 1.807) is 0 Å². The smallest absolute Gasteiger partial charge is 0.234 e. The molecule has 110 valence electrons. The first kappa shape index (κ1) is 14.9. The number of ether oxygens (including phenoxy) is 1. The Labute approximate surface area is 121 Å². The minimum atomic E-state index is 0.113. The van der Waals surface area contributed by atoms with Gasteiger partial charge >= 0.3 is 0 Å². The quantitative estimate of drug-likeness (QED) is 0.827. The van der Waals surface area contributed by atoms with Crippen LogP contribution in [0.1, 0.15) is 24.0 Å². The van der Waals surface area contributed by atoms with Gasteiger partial charge in [-0.05, 0) is 44.9 Å². The summed E-state index contributed by atoms with van der Waals surface area (Å²) in [6.45, 7) is 5.88. The molecule has 0 atom stereocenters. The van der Waals surface area contributed by atoms with E-state index in [0.29, 0.717) is 19.2 Å². The lowest BCUT2D eigenvalue weighted by molar-refractivity contribution is -0.122. The number of para-hydroxylation sites is 1. The van der Waals surface area contributed by atoms with Crippen molar-refractivity contribution in [3.63, 3.8) is 0 Å². The first-order chi connectivity index (χ1) is 9.56. The predicted molar refractivity (Wildman–Crippen MR) is 80.1 cm³/mol. The second-order valence-corrected chi connectivity index (χ2v) is 5.65. The number of likely N-dealkylation sites (N-methyl/N-ethyl adjacent to an activating group) is 1. The highest BCUT2D eigenvalue weighted by Gasteiger charge is 2.23.